The Hall–Kier alpha value is -3.82. The van der Waals surface area contributed by atoms with Crippen LogP contribution in [0.2, 0.25) is 0 Å². The summed E-state index contributed by atoms with van der Waals surface area (Å²) in [4.78, 5) is 47.5. The second kappa shape index (κ2) is 16.3. The minimum atomic E-state index is -0.756. The molecule has 0 spiro atoms. The summed E-state index contributed by atoms with van der Waals surface area (Å²) in [5.41, 5.74) is 0.812. The highest BCUT2D eigenvalue weighted by Gasteiger charge is 2.28. The fourth-order valence-corrected chi connectivity index (χ4v) is 3.34. The second-order valence-electron chi connectivity index (χ2n) is 10.6. The van der Waals surface area contributed by atoms with Crippen molar-refractivity contribution in [2.75, 3.05) is 26.4 Å². The van der Waals surface area contributed by atoms with Crippen LogP contribution in [0.5, 0.6) is 0 Å². The number of unbranched alkanes of at least 4 members (excludes halogenated alkanes) is 2. The second-order valence-corrected chi connectivity index (χ2v) is 10.6. The van der Waals surface area contributed by atoms with Gasteiger partial charge in [0.1, 0.15) is 0 Å². The van der Waals surface area contributed by atoms with Crippen molar-refractivity contribution in [3.63, 3.8) is 0 Å². The number of nitrogens with one attached hydrogen (secondary N) is 2. The molecule has 0 radical (unpaired) electrons. The van der Waals surface area contributed by atoms with Crippen molar-refractivity contribution in [2.45, 2.75) is 78.3 Å². The summed E-state index contributed by atoms with van der Waals surface area (Å²) >= 11 is 0. The van der Waals surface area contributed by atoms with Gasteiger partial charge in [0.05, 0.1) is 37.5 Å². The van der Waals surface area contributed by atoms with Gasteiger partial charge in [-0.1, -0.05) is 37.4 Å². The largest absolute Gasteiger partial charge is 0.462 e. The lowest BCUT2D eigenvalue weighted by atomic mass is 9.87. The van der Waals surface area contributed by atoms with Crippen LogP contribution in [-0.4, -0.2) is 50.6 Å². The van der Waals surface area contributed by atoms with E-state index in [2.05, 4.69) is 23.8 Å². The summed E-state index contributed by atoms with van der Waals surface area (Å²) in [6.07, 6.45) is 1.09. The molecule has 0 aliphatic heterocycles. The predicted molar refractivity (Wildman–Crippen MR) is 151 cm³/mol. The highest BCUT2D eigenvalue weighted by molar-refractivity contribution is 5.87. The smallest absolute Gasteiger partial charge is 0.407 e. The van der Waals surface area contributed by atoms with E-state index in [1.165, 1.54) is 0 Å². The first-order valence-electron chi connectivity index (χ1n) is 13.3. The van der Waals surface area contributed by atoms with E-state index in [1.807, 2.05) is 52.0 Å². The first-order chi connectivity index (χ1) is 18.7. The van der Waals surface area contributed by atoms with Gasteiger partial charge < -0.3 is 29.6 Å². The summed E-state index contributed by atoms with van der Waals surface area (Å²) in [6.45, 7) is 18.5. The van der Waals surface area contributed by atoms with E-state index in [0.29, 0.717) is 36.8 Å². The molecule has 0 heterocycles. The fourth-order valence-electron chi connectivity index (χ4n) is 3.34. The van der Waals surface area contributed by atoms with Crippen LogP contribution in [0.4, 0.5) is 9.59 Å². The van der Waals surface area contributed by atoms with Gasteiger partial charge in [-0.3, -0.25) is 0 Å². The third-order valence-electron chi connectivity index (χ3n) is 5.84. The zero-order chi connectivity index (χ0) is 30.3. The van der Waals surface area contributed by atoms with Crippen molar-refractivity contribution in [3.05, 3.63) is 59.7 Å². The molecule has 0 saturated carbocycles. The van der Waals surface area contributed by atoms with Crippen molar-refractivity contribution in [3.8, 4) is 0 Å². The third kappa shape index (κ3) is 12.8. The van der Waals surface area contributed by atoms with E-state index in [0.717, 1.165) is 11.1 Å². The Labute approximate surface area is 237 Å². The van der Waals surface area contributed by atoms with Crippen molar-refractivity contribution in [1.29, 1.82) is 0 Å². The Morgan fingerprint density at radius 2 is 0.975 bits per heavy atom. The number of hydrogen-bond donors (Lipinski definition) is 2. The normalized spacial score (nSPS) is 11.2. The number of alkyl carbamates (subject to hydrolysis) is 2. The summed E-state index contributed by atoms with van der Waals surface area (Å²) in [6, 6.07) is 7.53. The first kappa shape index (κ1) is 34.2. The SMILES string of the molecule is C=C(C)C(=O)OCCCCOC(=O)NC(C)(C)c1cccc(C(C)(C)NC(=O)OCCCCOC(=O)C(=C)C)c1. The Morgan fingerprint density at radius 3 is 1.30 bits per heavy atom. The quantitative estimate of drug-likeness (QED) is 0.119. The maximum absolute atomic E-state index is 12.4. The van der Waals surface area contributed by atoms with Crippen LogP contribution in [0.15, 0.2) is 48.6 Å². The molecular weight excluding hydrogens is 516 g/mol. The van der Waals surface area contributed by atoms with Gasteiger partial charge in [-0.05, 0) is 78.4 Å². The number of rotatable bonds is 16. The zero-order valence-corrected chi connectivity index (χ0v) is 24.6. The molecule has 2 N–H and O–H groups in total. The molecule has 0 fully saturated rings. The third-order valence-corrected chi connectivity index (χ3v) is 5.84. The van der Waals surface area contributed by atoms with Gasteiger partial charge >= 0.3 is 24.1 Å². The van der Waals surface area contributed by atoms with Gasteiger partial charge in [0.2, 0.25) is 0 Å². The molecule has 1 aromatic carbocycles. The number of benzene rings is 1. The average Bonchev–Trinajstić information content (AvgIpc) is 2.87. The van der Waals surface area contributed by atoms with Crippen LogP contribution in [0.25, 0.3) is 0 Å². The Balaban J connectivity index is 2.53. The van der Waals surface area contributed by atoms with Gasteiger partial charge in [0, 0.05) is 11.1 Å². The van der Waals surface area contributed by atoms with Gasteiger partial charge in [-0.15, -0.1) is 0 Å². The Morgan fingerprint density at radius 1 is 0.650 bits per heavy atom. The highest BCUT2D eigenvalue weighted by atomic mass is 16.6. The molecule has 0 aromatic heterocycles. The van der Waals surface area contributed by atoms with Crippen molar-refractivity contribution in [2.24, 2.45) is 0 Å². The van der Waals surface area contributed by atoms with E-state index < -0.39 is 35.2 Å². The molecule has 1 rings (SSSR count). The standard InChI is InChI=1S/C30H44N2O8/c1-21(2)25(33)37-16-9-11-18-39-27(35)31-29(5,6)23-14-13-15-24(20-23)30(7,8)32-28(36)40-19-12-10-17-38-26(34)22(3)4/h13-15,20H,1,3,9-12,16-19H2,2,4-8H3,(H,31,35)(H,32,36). The topological polar surface area (TPSA) is 129 Å². The molecule has 10 heteroatoms. The van der Waals surface area contributed by atoms with Crippen molar-refractivity contribution < 1.29 is 38.1 Å². The monoisotopic (exact) mass is 560 g/mol. The molecule has 222 valence electrons. The minimum absolute atomic E-state index is 0.186. The van der Waals surface area contributed by atoms with Crippen LogP contribution in [0, 0.1) is 0 Å². The van der Waals surface area contributed by atoms with Crippen molar-refractivity contribution >= 4 is 24.1 Å². The lowest BCUT2D eigenvalue weighted by molar-refractivity contribution is -0.140. The summed E-state index contributed by atoms with van der Waals surface area (Å²) < 4.78 is 20.6. The minimum Gasteiger partial charge on any atom is -0.462 e. The average molecular weight is 561 g/mol. The van der Waals surface area contributed by atoms with Gasteiger partial charge in [-0.25, -0.2) is 19.2 Å². The molecule has 1 aromatic rings. The van der Waals surface area contributed by atoms with E-state index in [-0.39, 0.29) is 26.4 Å². The van der Waals surface area contributed by atoms with E-state index >= 15 is 0 Å². The summed E-state index contributed by atoms with van der Waals surface area (Å²) in [5, 5.41) is 5.73. The lowest BCUT2D eigenvalue weighted by Gasteiger charge is -2.30. The molecule has 0 atom stereocenters. The first-order valence-corrected chi connectivity index (χ1v) is 13.3. The van der Waals surface area contributed by atoms with Crippen LogP contribution in [-0.2, 0) is 39.6 Å². The zero-order valence-electron chi connectivity index (χ0n) is 24.6. The van der Waals surface area contributed by atoms with Crippen LogP contribution < -0.4 is 10.6 Å². The molecule has 40 heavy (non-hydrogen) atoms. The lowest BCUT2D eigenvalue weighted by Crippen LogP contribution is -2.43. The molecule has 0 unspecified atom stereocenters. The van der Waals surface area contributed by atoms with Gasteiger partial charge in [-0.2, -0.15) is 0 Å². The fraction of sp³-hybridized carbons (Fsp3) is 0.533. The summed E-state index contributed by atoms with van der Waals surface area (Å²) in [7, 11) is 0. The Kier molecular flexibility index (Phi) is 14.0. The predicted octanol–water partition coefficient (Wildman–Crippen LogP) is 5.41. The van der Waals surface area contributed by atoms with Crippen LogP contribution in [0.3, 0.4) is 0 Å². The van der Waals surface area contributed by atoms with Crippen LogP contribution in [0.1, 0.15) is 78.4 Å². The molecule has 0 saturated heterocycles. The number of esters is 2. The molecule has 0 aliphatic carbocycles. The van der Waals surface area contributed by atoms with Gasteiger partial charge in [0.25, 0.3) is 0 Å². The number of carbonyl (C=O) groups is 4. The van der Waals surface area contributed by atoms with Crippen LogP contribution >= 0.6 is 0 Å². The molecule has 0 aliphatic rings. The number of ether oxygens (including phenoxy) is 4. The maximum atomic E-state index is 12.4. The van der Waals surface area contributed by atoms with E-state index in [4.69, 9.17) is 18.9 Å². The van der Waals surface area contributed by atoms with E-state index in [9.17, 15) is 19.2 Å². The molecule has 0 bridgehead atoms. The molecular formula is C30H44N2O8. The van der Waals surface area contributed by atoms with E-state index in [1.54, 1.807) is 13.8 Å². The number of amides is 2. The molecule has 10 nitrogen and oxygen atoms in total. The highest BCUT2D eigenvalue weighted by Crippen LogP contribution is 2.27. The van der Waals surface area contributed by atoms with Gasteiger partial charge in [0.15, 0.2) is 0 Å². The number of carbonyl (C=O) groups excluding carboxylic acids is 4. The molecule has 2 amide bonds. The summed E-state index contributed by atoms with van der Waals surface area (Å²) in [5.74, 6) is -0.873. The Bertz CT molecular complexity index is 982. The maximum Gasteiger partial charge on any atom is 0.407 e. The van der Waals surface area contributed by atoms with Crippen molar-refractivity contribution in [1.82, 2.24) is 10.6 Å². The number of hydrogen-bond acceptors (Lipinski definition) is 8.